The van der Waals surface area contributed by atoms with E-state index < -0.39 is 0 Å². The van der Waals surface area contributed by atoms with Crippen molar-refractivity contribution < 1.29 is 9.90 Å². The van der Waals surface area contributed by atoms with Gasteiger partial charge in [-0.05, 0) is 65.3 Å². The van der Waals surface area contributed by atoms with Gasteiger partial charge in [0.1, 0.15) is 5.75 Å². The summed E-state index contributed by atoms with van der Waals surface area (Å²) in [6.45, 7) is 2.12. The van der Waals surface area contributed by atoms with E-state index >= 15 is 0 Å². The lowest BCUT2D eigenvalue weighted by molar-refractivity contribution is -0.117. The van der Waals surface area contributed by atoms with Crippen LogP contribution in [0.25, 0.3) is 16.7 Å². The van der Waals surface area contributed by atoms with Crippen molar-refractivity contribution in [3.63, 3.8) is 0 Å². The molecule has 0 bridgehead atoms. The van der Waals surface area contributed by atoms with Crippen LogP contribution in [0.1, 0.15) is 30.9 Å². The molecule has 0 atom stereocenters. The van der Waals surface area contributed by atoms with Gasteiger partial charge in [0.15, 0.2) is 0 Å². The normalized spacial score (nSPS) is 13.5. The topological polar surface area (TPSA) is 63.3 Å². The molecule has 0 unspecified atom stereocenters. The van der Waals surface area contributed by atoms with E-state index in [4.69, 9.17) is 5.73 Å². The molecular formula is C21H21NO2. The molecule has 0 saturated heterocycles. The van der Waals surface area contributed by atoms with E-state index in [0.717, 1.165) is 23.1 Å². The van der Waals surface area contributed by atoms with Crippen LogP contribution in [-0.4, -0.2) is 11.0 Å². The number of benzene rings is 2. The first-order valence-electron chi connectivity index (χ1n) is 8.12. The summed E-state index contributed by atoms with van der Waals surface area (Å²) in [7, 11) is 0. The van der Waals surface area contributed by atoms with Gasteiger partial charge in [0, 0.05) is 6.42 Å². The molecule has 0 aromatic heterocycles. The average molecular weight is 319 g/mol. The van der Waals surface area contributed by atoms with E-state index in [2.05, 4.69) is 37.3 Å². The van der Waals surface area contributed by atoms with Gasteiger partial charge in [0.25, 0.3) is 0 Å². The first-order chi connectivity index (χ1) is 11.5. The molecule has 0 saturated carbocycles. The van der Waals surface area contributed by atoms with Gasteiger partial charge >= 0.3 is 0 Å². The Kier molecular flexibility index (Phi) is 4.52. The third-order valence-electron chi connectivity index (χ3n) is 4.42. The van der Waals surface area contributed by atoms with Crippen LogP contribution in [0.15, 0.2) is 60.2 Å². The van der Waals surface area contributed by atoms with E-state index in [0.29, 0.717) is 12.8 Å². The molecule has 3 nitrogen and oxygen atoms in total. The Bertz CT molecular complexity index is 847. The molecule has 2 aromatic carbocycles. The molecule has 122 valence electrons. The summed E-state index contributed by atoms with van der Waals surface area (Å²) in [5.41, 5.74) is 12.2. The standard InChI is InChI=1S/C21H21NO2/c1-14-4-2-7-19(14)16-8-10-20(15-5-3-6-18(23)13-15)17(12-16)9-11-21(22)24/h2-6,8,10,12-13,23H,7,9,11H2,1H3,(H2,22,24). The number of rotatable bonds is 5. The minimum atomic E-state index is -0.305. The van der Waals surface area contributed by atoms with E-state index in [1.54, 1.807) is 12.1 Å². The number of carbonyl (C=O) groups excluding carboxylic acids is 1. The fraction of sp³-hybridized carbons (Fsp3) is 0.190. The zero-order valence-electron chi connectivity index (χ0n) is 13.8. The summed E-state index contributed by atoms with van der Waals surface area (Å²) in [5.74, 6) is -0.0730. The van der Waals surface area contributed by atoms with Gasteiger partial charge in [-0.25, -0.2) is 0 Å². The summed E-state index contributed by atoms with van der Waals surface area (Å²) in [4.78, 5) is 11.2. The Morgan fingerprint density at radius 2 is 2.00 bits per heavy atom. The molecular weight excluding hydrogens is 298 g/mol. The Hall–Kier alpha value is -2.81. The molecule has 0 fully saturated rings. The lowest BCUT2D eigenvalue weighted by Gasteiger charge is -2.14. The summed E-state index contributed by atoms with van der Waals surface area (Å²) in [6, 6.07) is 13.5. The molecule has 1 aliphatic carbocycles. The van der Waals surface area contributed by atoms with E-state index in [9.17, 15) is 9.90 Å². The Morgan fingerprint density at radius 1 is 1.17 bits per heavy atom. The smallest absolute Gasteiger partial charge is 0.217 e. The van der Waals surface area contributed by atoms with Gasteiger partial charge in [0.2, 0.25) is 5.91 Å². The second-order valence-corrected chi connectivity index (χ2v) is 6.16. The van der Waals surface area contributed by atoms with Gasteiger partial charge in [-0.15, -0.1) is 0 Å². The van der Waals surface area contributed by atoms with Crippen LogP contribution in [0.3, 0.4) is 0 Å². The van der Waals surface area contributed by atoms with Gasteiger partial charge in [-0.3, -0.25) is 4.79 Å². The van der Waals surface area contributed by atoms with Crippen LogP contribution in [0.2, 0.25) is 0 Å². The van der Waals surface area contributed by atoms with Crippen molar-refractivity contribution >= 4 is 11.5 Å². The van der Waals surface area contributed by atoms with Gasteiger partial charge < -0.3 is 10.8 Å². The van der Waals surface area contributed by atoms with Crippen molar-refractivity contribution in [1.82, 2.24) is 0 Å². The Labute approximate surface area is 142 Å². The van der Waals surface area contributed by atoms with Crippen LogP contribution >= 0.6 is 0 Å². The number of phenolic OH excluding ortho intramolecular Hbond substituents is 1. The maximum absolute atomic E-state index is 11.2. The predicted molar refractivity (Wildman–Crippen MR) is 97.4 cm³/mol. The molecule has 1 amide bonds. The highest BCUT2D eigenvalue weighted by Gasteiger charge is 2.13. The highest BCUT2D eigenvalue weighted by molar-refractivity contribution is 5.79. The predicted octanol–water partition coefficient (Wildman–Crippen LogP) is 4.21. The number of allylic oxidation sites excluding steroid dienone is 4. The fourth-order valence-electron chi connectivity index (χ4n) is 3.16. The molecule has 3 N–H and O–H groups in total. The largest absolute Gasteiger partial charge is 0.508 e. The highest BCUT2D eigenvalue weighted by Crippen LogP contribution is 2.33. The monoisotopic (exact) mass is 319 g/mol. The summed E-state index contributed by atoms with van der Waals surface area (Å²) < 4.78 is 0. The van der Waals surface area contributed by atoms with Crippen LogP contribution in [-0.2, 0) is 11.2 Å². The first-order valence-corrected chi connectivity index (χ1v) is 8.12. The molecule has 1 aliphatic rings. The minimum absolute atomic E-state index is 0.232. The lowest BCUT2D eigenvalue weighted by atomic mass is 9.91. The summed E-state index contributed by atoms with van der Waals surface area (Å²) in [6.07, 6.45) is 6.14. The van der Waals surface area contributed by atoms with Crippen LogP contribution < -0.4 is 5.73 Å². The zero-order valence-corrected chi connectivity index (χ0v) is 13.8. The zero-order chi connectivity index (χ0) is 17.1. The number of phenols is 1. The van der Waals surface area contributed by atoms with Crippen molar-refractivity contribution in [2.45, 2.75) is 26.2 Å². The molecule has 2 aromatic rings. The number of hydrogen-bond acceptors (Lipinski definition) is 2. The third-order valence-corrected chi connectivity index (χ3v) is 4.42. The van der Waals surface area contributed by atoms with Crippen LogP contribution in [0, 0.1) is 0 Å². The molecule has 24 heavy (non-hydrogen) atoms. The number of carbonyl (C=O) groups is 1. The average Bonchev–Trinajstić information content (AvgIpc) is 2.98. The van der Waals surface area contributed by atoms with Crippen molar-refractivity contribution in [3.8, 4) is 16.9 Å². The maximum Gasteiger partial charge on any atom is 0.217 e. The summed E-state index contributed by atoms with van der Waals surface area (Å²) in [5, 5.41) is 9.76. The Balaban J connectivity index is 2.04. The number of aromatic hydroxyl groups is 1. The summed E-state index contributed by atoms with van der Waals surface area (Å²) >= 11 is 0. The fourth-order valence-corrected chi connectivity index (χ4v) is 3.16. The maximum atomic E-state index is 11.2. The number of aryl methyl sites for hydroxylation is 1. The molecule has 0 spiro atoms. The van der Waals surface area contributed by atoms with Crippen molar-refractivity contribution in [3.05, 3.63) is 71.3 Å². The molecule has 3 rings (SSSR count). The lowest BCUT2D eigenvalue weighted by Crippen LogP contribution is -2.11. The van der Waals surface area contributed by atoms with Crippen molar-refractivity contribution in [2.24, 2.45) is 5.73 Å². The molecule has 0 aliphatic heterocycles. The van der Waals surface area contributed by atoms with E-state index in [-0.39, 0.29) is 11.7 Å². The molecule has 3 heteroatoms. The number of amides is 1. The van der Waals surface area contributed by atoms with Crippen LogP contribution in [0.4, 0.5) is 0 Å². The van der Waals surface area contributed by atoms with Gasteiger partial charge in [0.05, 0.1) is 0 Å². The van der Waals surface area contributed by atoms with E-state index in [1.165, 1.54) is 16.7 Å². The number of primary amides is 1. The Morgan fingerprint density at radius 3 is 2.67 bits per heavy atom. The number of hydrogen-bond donors (Lipinski definition) is 2. The SMILES string of the molecule is CC1=C(c2ccc(-c3cccc(O)c3)c(CCC(N)=O)c2)CC=C1. The van der Waals surface area contributed by atoms with Gasteiger partial charge in [-0.2, -0.15) is 0 Å². The molecule has 0 radical (unpaired) electrons. The second kappa shape index (κ2) is 6.75. The van der Waals surface area contributed by atoms with Crippen LogP contribution in [0.5, 0.6) is 5.75 Å². The highest BCUT2D eigenvalue weighted by atomic mass is 16.3. The van der Waals surface area contributed by atoms with Gasteiger partial charge in [-0.1, -0.05) is 42.5 Å². The quantitative estimate of drug-likeness (QED) is 0.867. The van der Waals surface area contributed by atoms with Crippen molar-refractivity contribution in [2.75, 3.05) is 0 Å². The molecule has 0 heterocycles. The van der Waals surface area contributed by atoms with E-state index in [1.807, 2.05) is 12.1 Å². The second-order valence-electron chi connectivity index (χ2n) is 6.16. The minimum Gasteiger partial charge on any atom is -0.508 e. The van der Waals surface area contributed by atoms with Crippen molar-refractivity contribution in [1.29, 1.82) is 0 Å². The third kappa shape index (κ3) is 3.40. The first kappa shape index (κ1) is 16.1. The number of nitrogens with two attached hydrogens (primary N) is 1.